The average molecular weight is 332 g/mol. The second-order valence-electron chi connectivity index (χ2n) is 3.73. The molecule has 1 aromatic rings. The molecule has 0 spiro atoms. The van der Waals surface area contributed by atoms with Gasteiger partial charge in [-0.2, -0.15) is 5.26 Å². The van der Waals surface area contributed by atoms with Gasteiger partial charge in [-0.15, -0.1) is 11.6 Å². The number of alkyl halides is 1. The highest BCUT2D eigenvalue weighted by molar-refractivity contribution is 9.10. The molecule has 1 aromatic carbocycles. The highest BCUT2D eigenvalue weighted by Crippen LogP contribution is 2.22. The second-order valence-corrected chi connectivity index (χ2v) is 4.97. The summed E-state index contributed by atoms with van der Waals surface area (Å²) in [5.74, 6) is 0.827. The van der Waals surface area contributed by atoms with Crippen LogP contribution in [0, 0.1) is 11.3 Å². The molecule has 0 fully saturated rings. The first-order chi connectivity index (χ1) is 8.69. The summed E-state index contributed by atoms with van der Waals surface area (Å²) in [4.78, 5) is 0. The first-order valence-corrected chi connectivity index (χ1v) is 7.51. The van der Waals surface area contributed by atoms with Gasteiger partial charge in [0.2, 0.25) is 0 Å². The molecule has 0 aliphatic rings. The Bertz CT molecular complexity index is 371. The molecule has 2 nitrogen and oxygen atoms in total. The van der Waals surface area contributed by atoms with Crippen LogP contribution in [0.25, 0.3) is 0 Å². The summed E-state index contributed by atoms with van der Waals surface area (Å²) >= 11 is 8.76. The van der Waals surface area contributed by atoms with E-state index in [2.05, 4.69) is 34.2 Å². The number of halogens is 2. The van der Waals surface area contributed by atoms with E-state index in [4.69, 9.17) is 16.9 Å². The Hall–Kier alpha value is -0.720. The highest BCUT2D eigenvalue weighted by atomic mass is 79.9. The van der Waals surface area contributed by atoms with Gasteiger partial charge in [-0.3, -0.25) is 0 Å². The van der Waals surface area contributed by atoms with Crippen LogP contribution in [0.1, 0.15) is 38.7 Å². The number of hydrogen-bond donors (Lipinski definition) is 1. The van der Waals surface area contributed by atoms with Crippen molar-refractivity contribution in [1.29, 1.82) is 5.26 Å². The van der Waals surface area contributed by atoms with Crippen molar-refractivity contribution in [3.05, 3.63) is 28.2 Å². The van der Waals surface area contributed by atoms with Gasteiger partial charge in [0.05, 0.1) is 11.6 Å². The van der Waals surface area contributed by atoms with Crippen molar-refractivity contribution in [3.8, 4) is 6.07 Å². The van der Waals surface area contributed by atoms with Crippen LogP contribution < -0.4 is 5.32 Å². The molecule has 0 amide bonds. The molecule has 0 bridgehead atoms. The maximum atomic E-state index is 8.59. The fourth-order valence-corrected chi connectivity index (χ4v) is 1.97. The van der Waals surface area contributed by atoms with Crippen molar-refractivity contribution in [2.24, 2.45) is 0 Å². The zero-order valence-corrected chi connectivity index (χ0v) is 13.3. The predicted molar refractivity (Wildman–Crippen MR) is 83.3 cm³/mol. The third kappa shape index (κ3) is 7.58. The smallest absolute Gasteiger partial charge is 0.0992 e. The Kier molecular flexibility index (Phi) is 10.9. The third-order valence-corrected chi connectivity index (χ3v) is 3.13. The lowest BCUT2D eigenvalue weighted by Gasteiger charge is -2.04. The van der Waals surface area contributed by atoms with Crippen molar-refractivity contribution >= 4 is 33.2 Å². The predicted octanol–water partition coefficient (Wildman–Crippen LogP) is 5.17. The van der Waals surface area contributed by atoms with E-state index in [-0.39, 0.29) is 0 Å². The minimum Gasteiger partial charge on any atom is -0.384 e. The summed E-state index contributed by atoms with van der Waals surface area (Å²) in [7, 11) is 0. The zero-order chi connectivity index (χ0) is 13.8. The van der Waals surface area contributed by atoms with E-state index in [0.29, 0.717) is 5.56 Å². The Morgan fingerprint density at radius 3 is 2.44 bits per heavy atom. The van der Waals surface area contributed by atoms with Crippen molar-refractivity contribution in [3.63, 3.8) is 0 Å². The van der Waals surface area contributed by atoms with Crippen LogP contribution in [0.4, 0.5) is 5.69 Å². The Balaban J connectivity index is 0.000000411. The van der Waals surface area contributed by atoms with E-state index in [9.17, 15) is 0 Å². The molecule has 0 aromatic heterocycles. The van der Waals surface area contributed by atoms with E-state index in [0.717, 1.165) is 22.6 Å². The van der Waals surface area contributed by atoms with Crippen molar-refractivity contribution in [2.45, 2.75) is 33.1 Å². The number of nitriles is 1. The molecule has 0 saturated heterocycles. The molecule has 0 saturated carbocycles. The van der Waals surface area contributed by atoms with E-state index in [1.54, 1.807) is 12.1 Å². The van der Waals surface area contributed by atoms with Crippen LogP contribution in [0.5, 0.6) is 0 Å². The molecule has 0 atom stereocenters. The van der Waals surface area contributed by atoms with Crippen LogP contribution in [0.2, 0.25) is 0 Å². The largest absolute Gasteiger partial charge is 0.384 e. The maximum Gasteiger partial charge on any atom is 0.0992 e. The number of hydrogen-bond acceptors (Lipinski definition) is 2. The normalized spacial score (nSPS) is 9.06. The standard InChI is InChI=1S/C9H9BrN2.C5H11Cl/c1-2-12-9-4-3-7(6-11)5-8(9)10;1-2-3-4-5-6/h3-5,12H,2H2,1H3;2-5H2,1H3. The van der Waals surface area contributed by atoms with Crippen LogP contribution >= 0.6 is 27.5 Å². The molecule has 0 unspecified atom stereocenters. The minimum atomic E-state index is 0.670. The summed E-state index contributed by atoms with van der Waals surface area (Å²) in [6.45, 7) is 5.09. The lowest BCUT2D eigenvalue weighted by molar-refractivity contribution is 0.776. The lowest BCUT2D eigenvalue weighted by Crippen LogP contribution is -1.96. The molecule has 0 radical (unpaired) electrons. The molecular formula is C14H20BrClN2. The van der Waals surface area contributed by atoms with Gasteiger partial charge in [-0.05, 0) is 47.5 Å². The Morgan fingerprint density at radius 1 is 1.33 bits per heavy atom. The molecule has 100 valence electrons. The van der Waals surface area contributed by atoms with Gasteiger partial charge in [0.25, 0.3) is 0 Å². The second kappa shape index (κ2) is 11.4. The highest BCUT2D eigenvalue weighted by Gasteiger charge is 1.98. The number of anilines is 1. The molecule has 1 N–H and O–H groups in total. The van der Waals surface area contributed by atoms with Gasteiger partial charge in [0, 0.05) is 22.6 Å². The number of nitrogens with one attached hydrogen (secondary N) is 1. The summed E-state index contributed by atoms with van der Waals surface area (Å²) in [6.07, 6.45) is 3.73. The van der Waals surface area contributed by atoms with Crippen molar-refractivity contribution in [2.75, 3.05) is 17.7 Å². The van der Waals surface area contributed by atoms with Crippen LogP contribution in [0.3, 0.4) is 0 Å². The minimum absolute atomic E-state index is 0.670. The Morgan fingerprint density at radius 2 is 2.06 bits per heavy atom. The zero-order valence-electron chi connectivity index (χ0n) is 11.0. The number of nitrogens with zero attached hydrogens (tertiary/aromatic N) is 1. The summed E-state index contributed by atoms with van der Waals surface area (Å²) in [5, 5.41) is 11.8. The first-order valence-electron chi connectivity index (χ1n) is 6.19. The topological polar surface area (TPSA) is 35.8 Å². The fourth-order valence-electron chi connectivity index (χ4n) is 1.26. The monoisotopic (exact) mass is 330 g/mol. The third-order valence-electron chi connectivity index (χ3n) is 2.20. The quantitative estimate of drug-likeness (QED) is 0.597. The molecule has 0 heterocycles. The van der Waals surface area contributed by atoms with Gasteiger partial charge >= 0.3 is 0 Å². The van der Waals surface area contributed by atoms with Gasteiger partial charge in [-0.1, -0.05) is 19.8 Å². The average Bonchev–Trinajstić information content (AvgIpc) is 2.39. The van der Waals surface area contributed by atoms with Crippen LogP contribution in [0.15, 0.2) is 22.7 Å². The first kappa shape index (κ1) is 17.3. The molecular weight excluding hydrogens is 312 g/mol. The van der Waals surface area contributed by atoms with Gasteiger partial charge < -0.3 is 5.32 Å². The van der Waals surface area contributed by atoms with Crippen LogP contribution in [-0.2, 0) is 0 Å². The summed E-state index contributed by atoms with van der Waals surface area (Å²) < 4.78 is 0.934. The van der Waals surface area contributed by atoms with E-state index in [1.165, 1.54) is 19.3 Å². The van der Waals surface area contributed by atoms with Gasteiger partial charge in [0.1, 0.15) is 0 Å². The molecule has 0 aliphatic carbocycles. The summed E-state index contributed by atoms with van der Waals surface area (Å²) in [5.41, 5.74) is 1.69. The molecule has 0 aliphatic heterocycles. The van der Waals surface area contributed by atoms with E-state index >= 15 is 0 Å². The molecule has 18 heavy (non-hydrogen) atoms. The number of rotatable bonds is 5. The van der Waals surface area contributed by atoms with Gasteiger partial charge in [0.15, 0.2) is 0 Å². The van der Waals surface area contributed by atoms with Gasteiger partial charge in [-0.25, -0.2) is 0 Å². The number of unbranched alkanes of at least 4 members (excludes halogenated alkanes) is 2. The Labute approximate surface area is 123 Å². The fraction of sp³-hybridized carbons (Fsp3) is 0.500. The number of benzene rings is 1. The van der Waals surface area contributed by atoms with Crippen molar-refractivity contribution in [1.82, 2.24) is 0 Å². The van der Waals surface area contributed by atoms with E-state index in [1.807, 2.05) is 13.0 Å². The molecule has 4 heteroatoms. The summed E-state index contributed by atoms with van der Waals surface area (Å²) in [6, 6.07) is 7.57. The molecule has 1 rings (SSSR count). The van der Waals surface area contributed by atoms with Crippen LogP contribution in [-0.4, -0.2) is 12.4 Å². The SMILES string of the molecule is CCCCCCl.CCNc1ccc(C#N)cc1Br. The maximum absolute atomic E-state index is 8.59. The lowest BCUT2D eigenvalue weighted by atomic mass is 10.2. The van der Waals surface area contributed by atoms with Crippen molar-refractivity contribution < 1.29 is 0 Å². The van der Waals surface area contributed by atoms with E-state index < -0.39 is 0 Å².